The molecular formula is C14H17FO2. The van der Waals surface area contributed by atoms with E-state index in [0.29, 0.717) is 19.8 Å². The molecule has 0 spiro atoms. The van der Waals surface area contributed by atoms with Crippen LogP contribution in [-0.2, 0) is 10.2 Å². The summed E-state index contributed by atoms with van der Waals surface area (Å²) in [5.74, 6) is 0.880. The van der Waals surface area contributed by atoms with Crippen molar-refractivity contribution in [3.05, 3.63) is 29.1 Å². The van der Waals surface area contributed by atoms with E-state index in [9.17, 15) is 4.39 Å². The summed E-state index contributed by atoms with van der Waals surface area (Å²) in [5.41, 5.74) is 1.65. The monoisotopic (exact) mass is 236 g/mol. The summed E-state index contributed by atoms with van der Waals surface area (Å²) in [5, 5.41) is 0. The van der Waals surface area contributed by atoms with Crippen LogP contribution in [0.2, 0.25) is 0 Å². The molecule has 0 N–H and O–H groups in total. The molecule has 0 saturated carbocycles. The van der Waals surface area contributed by atoms with E-state index < -0.39 is 0 Å². The van der Waals surface area contributed by atoms with E-state index >= 15 is 0 Å². The van der Waals surface area contributed by atoms with Gasteiger partial charge in [0.1, 0.15) is 11.6 Å². The van der Waals surface area contributed by atoms with Gasteiger partial charge in [-0.3, -0.25) is 0 Å². The van der Waals surface area contributed by atoms with E-state index in [0.717, 1.165) is 23.3 Å². The zero-order valence-electron chi connectivity index (χ0n) is 10.3. The number of hydrogen-bond donors (Lipinski definition) is 0. The highest BCUT2D eigenvalue weighted by molar-refractivity contribution is 5.48. The second kappa shape index (κ2) is 3.70. The summed E-state index contributed by atoms with van der Waals surface area (Å²) in [6.45, 7) is 6.13. The topological polar surface area (TPSA) is 18.5 Å². The molecule has 1 aromatic carbocycles. The molecule has 3 heteroatoms. The van der Waals surface area contributed by atoms with Crippen LogP contribution in [-0.4, -0.2) is 19.8 Å². The zero-order chi connectivity index (χ0) is 12.0. The summed E-state index contributed by atoms with van der Waals surface area (Å²) in [6.07, 6.45) is 0.869. The third-order valence-corrected chi connectivity index (χ3v) is 4.29. The van der Waals surface area contributed by atoms with E-state index in [1.807, 2.05) is 6.92 Å². The van der Waals surface area contributed by atoms with Crippen molar-refractivity contribution in [2.45, 2.75) is 25.7 Å². The minimum absolute atomic E-state index is 0.137. The van der Waals surface area contributed by atoms with Crippen LogP contribution in [0.15, 0.2) is 12.1 Å². The number of aryl methyl sites for hydroxylation is 1. The van der Waals surface area contributed by atoms with Gasteiger partial charge in [0.15, 0.2) is 0 Å². The Balaban J connectivity index is 2.19. The minimum atomic E-state index is -0.139. The van der Waals surface area contributed by atoms with E-state index in [2.05, 4.69) is 6.92 Å². The maximum absolute atomic E-state index is 14.1. The Morgan fingerprint density at radius 1 is 1.35 bits per heavy atom. The molecule has 0 aliphatic carbocycles. The van der Waals surface area contributed by atoms with Crippen molar-refractivity contribution in [3.63, 3.8) is 0 Å². The zero-order valence-corrected chi connectivity index (χ0v) is 10.3. The lowest BCUT2D eigenvalue weighted by Crippen LogP contribution is -2.47. The summed E-state index contributed by atoms with van der Waals surface area (Å²) in [6, 6.07) is 3.35. The second-order valence-electron chi connectivity index (χ2n) is 5.32. The van der Waals surface area contributed by atoms with Crippen molar-refractivity contribution >= 4 is 0 Å². The summed E-state index contributed by atoms with van der Waals surface area (Å²) >= 11 is 0. The smallest absolute Gasteiger partial charge is 0.130 e. The molecule has 0 aromatic heterocycles. The van der Waals surface area contributed by atoms with Crippen LogP contribution in [0.5, 0.6) is 5.75 Å². The molecule has 2 aliphatic rings. The molecule has 2 atom stereocenters. The molecule has 1 saturated heterocycles. The van der Waals surface area contributed by atoms with E-state index in [1.54, 1.807) is 12.1 Å². The third kappa shape index (κ3) is 1.48. The molecule has 1 fully saturated rings. The Hall–Kier alpha value is -1.09. The van der Waals surface area contributed by atoms with Crippen molar-refractivity contribution in [3.8, 4) is 5.75 Å². The average molecular weight is 236 g/mol. The van der Waals surface area contributed by atoms with Crippen LogP contribution in [0.25, 0.3) is 0 Å². The number of hydrogen-bond acceptors (Lipinski definition) is 2. The Morgan fingerprint density at radius 2 is 2.18 bits per heavy atom. The molecule has 92 valence electrons. The highest BCUT2D eigenvalue weighted by atomic mass is 19.1. The van der Waals surface area contributed by atoms with Gasteiger partial charge >= 0.3 is 0 Å². The maximum Gasteiger partial charge on any atom is 0.130 e. The highest BCUT2D eigenvalue weighted by Crippen LogP contribution is 2.48. The molecule has 0 radical (unpaired) electrons. The van der Waals surface area contributed by atoms with Gasteiger partial charge < -0.3 is 9.47 Å². The molecular weight excluding hydrogens is 219 g/mol. The van der Waals surface area contributed by atoms with Crippen molar-refractivity contribution < 1.29 is 13.9 Å². The third-order valence-electron chi connectivity index (χ3n) is 4.29. The number of benzene rings is 1. The SMILES string of the molecule is Cc1ccc(F)c2c1OCC1COCC[C@@]21C. The van der Waals surface area contributed by atoms with Crippen LogP contribution in [0.1, 0.15) is 24.5 Å². The number of fused-ring (bicyclic) bond motifs is 3. The number of ether oxygens (including phenoxy) is 2. The Labute approximate surface area is 101 Å². The molecule has 2 heterocycles. The lowest BCUT2D eigenvalue weighted by Gasteiger charge is -2.45. The van der Waals surface area contributed by atoms with Crippen molar-refractivity contribution in [1.29, 1.82) is 0 Å². The predicted octanol–water partition coefficient (Wildman–Crippen LogP) is 2.82. The molecule has 2 nitrogen and oxygen atoms in total. The normalized spacial score (nSPS) is 31.4. The molecule has 0 amide bonds. The van der Waals surface area contributed by atoms with Gasteiger partial charge in [-0.25, -0.2) is 4.39 Å². The quantitative estimate of drug-likeness (QED) is 0.689. The van der Waals surface area contributed by atoms with Gasteiger partial charge in [0, 0.05) is 23.5 Å². The Morgan fingerprint density at radius 3 is 3.00 bits per heavy atom. The van der Waals surface area contributed by atoms with Crippen molar-refractivity contribution in [2.75, 3.05) is 19.8 Å². The first-order valence-corrected chi connectivity index (χ1v) is 6.13. The highest BCUT2D eigenvalue weighted by Gasteiger charge is 2.46. The van der Waals surface area contributed by atoms with Crippen LogP contribution in [0, 0.1) is 18.7 Å². The fourth-order valence-electron chi connectivity index (χ4n) is 3.02. The Kier molecular flexibility index (Phi) is 2.40. The largest absolute Gasteiger partial charge is 0.492 e. The van der Waals surface area contributed by atoms with Crippen LogP contribution in [0.3, 0.4) is 0 Å². The fraction of sp³-hybridized carbons (Fsp3) is 0.571. The van der Waals surface area contributed by atoms with Gasteiger partial charge in [-0.2, -0.15) is 0 Å². The standard InChI is InChI=1S/C14H17FO2/c1-9-3-4-11(15)12-13(9)17-8-10-7-16-6-5-14(10,12)2/h3-4,10H,5-8H2,1-2H3/t10?,14-/m1/s1. The first-order valence-electron chi connectivity index (χ1n) is 6.13. The minimum Gasteiger partial charge on any atom is -0.492 e. The summed E-state index contributed by atoms with van der Waals surface area (Å²) in [7, 11) is 0. The summed E-state index contributed by atoms with van der Waals surface area (Å²) < 4.78 is 25.4. The van der Waals surface area contributed by atoms with Crippen LogP contribution >= 0.6 is 0 Å². The van der Waals surface area contributed by atoms with E-state index in [4.69, 9.17) is 9.47 Å². The van der Waals surface area contributed by atoms with Crippen molar-refractivity contribution in [1.82, 2.24) is 0 Å². The average Bonchev–Trinajstić information content (AvgIpc) is 2.32. The van der Waals surface area contributed by atoms with Gasteiger partial charge in [-0.15, -0.1) is 0 Å². The van der Waals surface area contributed by atoms with Gasteiger partial charge in [-0.05, 0) is 25.0 Å². The van der Waals surface area contributed by atoms with Crippen LogP contribution < -0.4 is 4.74 Å². The lowest BCUT2D eigenvalue weighted by atomic mass is 9.67. The first-order chi connectivity index (χ1) is 8.13. The van der Waals surface area contributed by atoms with Gasteiger partial charge in [0.2, 0.25) is 0 Å². The Bertz CT molecular complexity index is 458. The molecule has 17 heavy (non-hydrogen) atoms. The number of halogens is 1. The number of rotatable bonds is 0. The maximum atomic E-state index is 14.1. The predicted molar refractivity (Wildman–Crippen MR) is 62.9 cm³/mol. The first kappa shape index (κ1) is 11.0. The van der Waals surface area contributed by atoms with Gasteiger partial charge in [0.25, 0.3) is 0 Å². The summed E-state index contributed by atoms with van der Waals surface area (Å²) in [4.78, 5) is 0. The molecule has 0 bridgehead atoms. The van der Waals surface area contributed by atoms with Crippen molar-refractivity contribution in [2.24, 2.45) is 5.92 Å². The molecule has 3 rings (SSSR count). The van der Waals surface area contributed by atoms with E-state index in [-0.39, 0.29) is 17.2 Å². The molecule has 1 unspecified atom stereocenters. The van der Waals surface area contributed by atoms with E-state index in [1.165, 1.54) is 0 Å². The molecule has 2 aliphatic heterocycles. The van der Waals surface area contributed by atoms with Gasteiger partial charge in [-0.1, -0.05) is 13.0 Å². The molecule has 1 aromatic rings. The second-order valence-corrected chi connectivity index (χ2v) is 5.32. The lowest BCUT2D eigenvalue weighted by molar-refractivity contribution is -0.0276. The van der Waals surface area contributed by atoms with Gasteiger partial charge in [0.05, 0.1) is 13.2 Å². The van der Waals surface area contributed by atoms with Crippen LogP contribution in [0.4, 0.5) is 4.39 Å². The fourth-order valence-corrected chi connectivity index (χ4v) is 3.02.